The van der Waals surface area contributed by atoms with E-state index in [1.165, 1.54) is 5.57 Å². The maximum Gasteiger partial charge on any atom is 0.118 e. The lowest BCUT2D eigenvalue weighted by Gasteiger charge is -2.03. The first-order chi connectivity index (χ1) is 12.5. The molecule has 0 aliphatic heterocycles. The van der Waals surface area contributed by atoms with Gasteiger partial charge in [0.05, 0.1) is 0 Å². The highest BCUT2D eigenvalue weighted by atomic mass is 16.3. The molecule has 142 valence electrons. The van der Waals surface area contributed by atoms with Gasteiger partial charge in [-0.2, -0.15) is 0 Å². The molecule has 1 N–H and O–H groups in total. The van der Waals surface area contributed by atoms with Crippen molar-refractivity contribution >= 4 is 5.76 Å². The highest BCUT2D eigenvalue weighted by molar-refractivity contribution is 5.69. The minimum absolute atomic E-state index is 0.316. The van der Waals surface area contributed by atoms with Crippen molar-refractivity contribution in [3.63, 3.8) is 0 Å². The van der Waals surface area contributed by atoms with Crippen LogP contribution in [0.15, 0.2) is 73.1 Å². The molecule has 0 spiro atoms. The predicted molar refractivity (Wildman–Crippen MR) is 117 cm³/mol. The summed E-state index contributed by atoms with van der Waals surface area (Å²) in [4.78, 5) is 0. The lowest BCUT2D eigenvalue weighted by atomic mass is 10.0. The highest BCUT2D eigenvalue weighted by Gasteiger charge is 2.03. The average Bonchev–Trinajstić information content (AvgIpc) is 3.16. The fourth-order valence-electron chi connectivity index (χ4n) is 2.04. The van der Waals surface area contributed by atoms with Gasteiger partial charge in [0, 0.05) is 24.5 Å². The van der Waals surface area contributed by atoms with Gasteiger partial charge >= 0.3 is 0 Å². The largest absolute Gasteiger partial charge is 0.508 e. The monoisotopic (exact) mass is 353 g/mol. The normalized spacial score (nSPS) is 10.0. The summed E-state index contributed by atoms with van der Waals surface area (Å²) in [5, 5.41) is 9.80. The summed E-state index contributed by atoms with van der Waals surface area (Å²) >= 11 is 0. The summed E-state index contributed by atoms with van der Waals surface area (Å²) in [6.45, 7) is 16.5. The number of allylic oxidation sites excluding steroid dienone is 4. The topological polar surface area (TPSA) is 25.2 Å². The fourth-order valence-corrected chi connectivity index (χ4v) is 2.04. The number of aliphatic hydroxyl groups is 1. The van der Waals surface area contributed by atoms with Crippen LogP contribution in [0.5, 0.6) is 0 Å². The van der Waals surface area contributed by atoms with Gasteiger partial charge in [-0.3, -0.25) is 0 Å². The smallest absolute Gasteiger partial charge is 0.118 e. The van der Waals surface area contributed by atoms with E-state index in [1.807, 2.05) is 45.0 Å². The van der Waals surface area contributed by atoms with Crippen LogP contribution in [-0.4, -0.2) is 9.67 Å². The Morgan fingerprint density at radius 2 is 1.81 bits per heavy atom. The van der Waals surface area contributed by atoms with Crippen molar-refractivity contribution < 1.29 is 5.11 Å². The Hall–Kier alpha value is -2.48. The van der Waals surface area contributed by atoms with E-state index in [9.17, 15) is 5.11 Å². The molecule has 2 aromatic rings. The Labute approximate surface area is 160 Å². The first-order valence-corrected chi connectivity index (χ1v) is 9.37. The number of rotatable bonds is 5. The zero-order valence-corrected chi connectivity index (χ0v) is 17.3. The van der Waals surface area contributed by atoms with Crippen LogP contribution in [0.25, 0.3) is 16.9 Å². The molecule has 2 nitrogen and oxygen atoms in total. The first kappa shape index (κ1) is 23.5. The third-order valence-corrected chi connectivity index (χ3v) is 3.51. The van der Waals surface area contributed by atoms with E-state index in [2.05, 4.69) is 62.5 Å². The zero-order chi connectivity index (χ0) is 19.9. The zero-order valence-electron chi connectivity index (χ0n) is 17.3. The van der Waals surface area contributed by atoms with Crippen molar-refractivity contribution in [1.82, 2.24) is 4.57 Å². The number of nitrogens with zero attached hydrogens (tertiary/aromatic N) is 1. The highest BCUT2D eigenvalue weighted by Crippen LogP contribution is 2.23. The van der Waals surface area contributed by atoms with Gasteiger partial charge in [0.15, 0.2) is 0 Å². The van der Waals surface area contributed by atoms with Crippen LogP contribution >= 0.6 is 0 Å². The summed E-state index contributed by atoms with van der Waals surface area (Å²) < 4.78 is 2.16. The van der Waals surface area contributed by atoms with Crippen LogP contribution < -0.4 is 0 Å². The molecule has 0 aliphatic rings. The van der Waals surface area contributed by atoms with Crippen LogP contribution in [0.2, 0.25) is 0 Å². The van der Waals surface area contributed by atoms with E-state index < -0.39 is 0 Å². The molecular formula is C24H35NO. The summed E-state index contributed by atoms with van der Waals surface area (Å²) in [6.07, 6.45) is 11.1. The molecule has 0 fully saturated rings. The Kier molecular flexibility index (Phi) is 12.5. The molecular weight excluding hydrogens is 318 g/mol. The second-order valence-electron chi connectivity index (χ2n) is 5.83. The maximum atomic E-state index is 9.80. The number of aromatic nitrogens is 1. The summed E-state index contributed by atoms with van der Waals surface area (Å²) in [5.41, 5.74) is 4.45. The van der Waals surface area contributed by atoms with Crippen molar-refractivity contribution in [2.75, 3.05) is 0 Å². The number of aliphatic hydroxyl groups excluding tert-OH is 1. The van der Waals surface area contributed by atoms with Gasteiger partial charge < -0.3 is 9.67 Å². The number of hydrogen-bond acceptors (Lipinski definition) is 1. The average molecular weight is 354 g/mol. The van der Waals surface area contributed by atoms with Crippen molar-refractivity contribution in [2.24, 2.45) is 0 Å². The quantitative estimate of drug-likeness (QED) is 0.433. The minimum atomic E-state index is 0.316. The molecule has 0 unspecified atom stereocenters. The van der Waals surface area contributed by atoms with Gasteiger partial charge in [0.2, 0.25) is 0 Å². The van der Waals surface area contributed by atoms with Gasteiger partial charge in [-0.25, -0.2) is 0 Å². The molecule has 1 aromatic heterocycles. The Balaban J connectivity index is 0.000000920. The van der Waals surface area contributed by atoms with Crippen LogP contribution in [0.3, 0.4) is 0 Å². The lowest BCUT2D eigenvalue weighted by Crippen LogP contribution is -1.90. The van der Waals surface area contributed by atoms with E-state index in [4.69, 9.17) is 0 Å². The van der Waals surface area contributed by atoms with Gasteiger partial charge in [-0.05, 0) is 56.5 Å². The van der Waals surface area contributed by atoms with E-state index in [1.54, 1.807) is 6.08 Å². The van der Waals surface area contributed by atoms with Gasteiger partial charge in [-0.1, -0.05) is 56.7 Å². The van der Waals surface area contributed by atoms with Crippen molar-refractivity contribution in [3.8, 4) is 11.1 Å². The van der Waals surface area contributed by atoms with Gasteiger partial charge in [0.1, 0.15) is 5.76 Å². The van der Waals surface area contributed by atoms with Crippen molar-refractivity contribution in [1.29, 1.82) is 0 Å². The SMILES string of the molecule is C/C=C(\O)c1cccc(-c2ccn(CC=C(C)C)c2)c1.C=CCC.CC. The molecule has 26 heavy (non-hydrogen) atoms. The fraction of sp³-hybridized carbons (Fsp3) is 0.333. The van der Waals surface area contributed by atoms with Crippen LogP contribution in [0, 0.1) is 0 Å². The van der Waals surface area contributed by atoms with Gasteiger partial charge in [-0.15, -0.1) is 6.58 Å². The molecule has 2 heteroatoms. The predicted octanol–water partition coefficient (Wildman–Crippen LogP) is 7.65. The molecule has 0 amide bonds. The Morgan fingerprint density at radius 1 is 1.15 bits per heavy atom. The molecule has 2 rings (SSSR count). The van der Waals surface area contributed by atoms with Crippen molar-refractivity contribution in [3.05, 3.63) is 78.7 Å². The Morgan fingerprint density at radius 3 is 2.35 bits per heavy atom. The van der Waals surface area contributed by atoms with Crippen LogP contribution in [-0.2, 0) is 6.54 Å². The molecule has 0 atom stereocenters. The molecule has 1 heterocycles. The first-order valence-electron chi connectivity index (χ1n) is 9.37. The van der Waals surface area contributed by atoms with E-state index >= 15 is 0 Å². The standard InChI is InChI=1S/C18H21NO.C4H8.C2H6/c1-4-18(20)16-7-5-6-15(12-16)17-9-11-19(13-17)10-8-14(2)3;1-3-4-2;1-2/h4-9,11-13,20H,10H2,1-3H3;3H,1,4H2,2H3;1-2H3/b18-4-;;. The third-order valence-electron chi connectivity index (χ3n) is 3.51. The van der Waals surface area contributed by atoms with Crippen molar-refractivity contribution in [2.45, 2.75) is 54.5 Å². The number of benzene rings is 1. The second kappa shape index (κ2) is 13.8. The molecule has 0 saturated carbocycles. The Bertz CT molecular complexity index is 701. The number of hydrogen-bond donors (Lipinski definition) is 1. The van der Waals surface area contributed by atoms with E-state index in [0.717, 1.165) is 29.7 Å². The summed E-state index contributed by atoms with van der Waals surface area (Å²) in [7, 11) is 0. The van der Waals surface area contributed by atoms with Crippen LogP contribution in [0.4, 0.5) is 0 Å². The molecule has 1 aromatic carbocycles. The molecule has 0 aliphatic carbocycles. The minimum Gasteiger partial charge on any atom is -0.508 e. The van der Waals surface area contributed by atoms with E-state index in [0.29, 0.717) is 5.76 Å². The lowest BCUT2D eigenvalue weighted by molar-refractivity contribution is 0.511. The second-order valence-corrected chi connectivity index (χ2v) is 5.83. The molecule has 0 bridgehead atoms. The third kappa shape index (κ3) is 8.57. The maximum absolute atomic E-state index is 9.80. The van der Waals surface area contributed by atoms with Crippen LogP contribution in [0.1, 0.15) is 53.5 Å². The van der Waals surface area contributed by atoms with Gasteiger partial charge in [0.25, 0.3) is 0 Å². The molecule has 0 radical (unpaired) electrons. The molecule has 0 saturated heterocycles. The summed E-state index contributed by atoms with van der Waals surface area (Å²) in [5.74, 6) is 0.316. The summed E-state index contributed by atoms with van der Waals surface area (Å²) in [6, 6.07) is 10.1. The van der Waals surface area contributed by atoms with E-state index in [-0.39, 0.29) is 0 Å².